The molecule has 0 spiro atoms. The lowest BCUT2D eigenvalue weighted by atomic mass is 10.1. The molecule has 1 aromatic heterocycles. The summed E-state index contributed by atoms with van der Waals surface area (Å²) < 4.78 is 2.00. The number of carbonyl (C=O) groups is 1. The van der Waals surface area contributed by atoms with Crippen LogP contribution in [0, 0.1) is 0 Å². The van der Waals surface area contributed by atoms with Crippen molar-refractivity contribution in [1.82, 2.24) is 25.1 Å². The van der Waals surface area contributed by atoms with E-state index in [1.54, 1.807) is 18.3 Å². The molecule has 0 aliphatic carbocycles. The lowest BCUT2D eigenvalue weighted by molar-refractivity contribution is -0.123. The van der Waals surface area contributed by atoms with Gasteiger partial charge in [-0.3, -0.25) is 9.69 Å². The molecule has 27 heavy (non-hydrogen) atoms. The summed E-state index contributed by atoms with van der Waals surface area (Å²) in [5.41, 5.74) is 0.852. The van der Waals surface area contributed by atoms with E-state index >= 15 is 0 Å². The highest BCUT2D eigenvalue weighted by atomic mass is 35.5. The number of hydrogen-bond donors (Lipinski definition) is 2. The first-order valence-corrected chi connectivity index (χ1v) is 9.37. The number of aryl methyl sites for hydroxylation is 1. The summed E-state index contributed by atoms with van der Waals surface area (Å²) >= 11 is 12.2. The molecule has 9 heteroatoms. The van der Waals surface area contributed by atoms with Crippen molar-refractivity contribution < 1.29 is 4.79 Å². The molecule has 2 atom stereocenters. The fraction of sp³-hybridized carbons (Fsp3) is 0.444. The Morgan fingerprint density at radius 2 is 2.22 bits per heavy atom. The highest BCUT2D eigenvalue weighted by Gasteiger charge is 2.28. The summed E-state index contributed by atoms with van der Waals surface area (Å²) in [4.78, 5) is 19.2. The number of benzene rings is 1. The van der Waals surface area contributed by atoms with Crippen molar-refractivity contribution in [3.05, 3.63) is 52.0 Å². The third-order valence-electron chi connectivity index (χ3n) is 4.66. The van der Waals surface area contributed by atoms with Gasteiger partial charge in [0.2, 0.25) is 5.91 Å². The zero-order valence-corrected chi connectivity index (χ0v) is 17.6. The van der Waals surface area contributed by atoms with Crippen LogP contribution in [-0.2, 0) is 11.8 Å². The Labute approximate surface area is 175 Å². The van der Waals surface area contributed by atoms with Gasteiger partial charge in [-0.1, -0.05) is 29.3 Å². The lowest BCUT2D eigenvalue weighted by Crippen LogP contribution is -2.50. The SMILES string of the molecule is CC(NC(=O)CN1CCNCC1c1nccn1C)c1ccc(Cl)cc1Cl.Cl. The Morgan fingerprint density at radius 1 is 1.44 bits per heavy atom. The third kappa shape index (κ3) is 5.36. The minimum absolute atomic E-state index is 0. The Kier molecular flexibility index (Phi) is 7.94. The topological polar surface area (TPSA) is 62.2 Å². The van der Waals surface area contributed by atoms with Gasteiger partial charge in [0.25, 0.3) is 0 Å². The predicted octanol–water partition coefficient (Wildman–Crippen LogP) is 2.97. The maximum absolute atomic E-state index is 12.6. The van der Waals surface area contributed by atoms with E-state index in [4.69, 9.17) is 23.2 Å². The zero-order valence-electron chi connectivity index (χ0n) is 15.3. The molecule has 1 aromatic carbocycles. The number of aromatic nitrogens is 2. The fourth-order valence-electron chi connectivity index (χ4n) is 3.29. The van der Waals surface area contributed by atoms with Crippen LogP contribution in [0.15, 0.2) is 30.6 Å². The van der Waals surface area contributed by atoms with Crippen LogP contribution >= 0.6 is 35.6 Å². The summed E-state index contributed by atoms with van der Waals surface area (Å²) in [6.07, 6.45) is 3.71. The molecular formula is C18H24Cl3N5O. The summed E-state index contributed by atoms with van der Waals surface area (Å²) in [6, 6.07) is 5.19. The molecule has 3 rings (SSSR count). The van der Waals surface area contributed by atoms with Crippen LogP contribution < -0.4 is 10.6 Å². The number of nitrogens with one attached hydrogen (secondary N) is 2. The smallest absolute Gasteiger partial charge is 0.234 e. The number of carbonyl (C=O) groups excluding carboxylic acids is 1. The maximum Gasteiger partial charge on any atom is 0.234 e. The fourth-order valence-corrected chi connectivity index (χ4v) is 3.86. The summed E-state index contributed by atoms with van der Waals surface area (Å²) in [5.74, 6) is 0.920. The van der Waals surface area contributed by atoms with Gasteiger partial charge in [-0.05, 0) is 24.6 Å². The highest BCUT2D eigenvalue weighted by molar-refractivity contribution is 6.35. The molecule has 0 radical (unpaired) electrons. The van der Waals surface area contributed by atoms with Crippen LogP contribution in [-0.4, -0.2) is 46.5 Å². The minimum Gasteiger partial charge on any atom is -0.348 e. The van der Waals surface area contributed by atoms with Crippen molar-refractivity contribution in [2.24, 2.45) is 7.05 Å². The second-order valence-corrected chi connectivity index (χ2v) is 7.39. The second kappa shape index (κ2) is 9.75. The average Bonchev–Trinajstić information content (AvgIpc) is 3.01. The van der Waals surface area contributed by atoms with Crippen LogP contribution in [0.25, 0.3) is 0 Å². The van der Waals surface area contributed by atoms with Crippen LogP contribution in [0.5, 0.6) is 0 Å². The van der Waals surface area contributed by atoms with E-state index in [-0.39, 0.29) is 30.4 Å². The van der Waals surface area contributed by atoms with E-state index in [0.29, 0.717) is 16.6 Å². The number of hydrogen-bond acceptors (Lipinski definition) is 4. The molecule has 1 aliphatic heterocycles. The molecule has 2 unspecified atom stereocenters. The Bertz CT molecular complexity index is 782. The number of imidazole rings is 1. The van der Waals surface area contributed by atoms with Crippen LogP contribution in [0.4, 0.5) is 0 Å². The van der Waals surface area contributed by atoms with Gasteiger partial charge in [0.15, 0.2) is 0 Å². The van der Waals surface area contributed by atoms with E-state index in [2.05, 4.69) is 20.5 Å². The normalized spacial score (nSPS) is 18.6. The first-order chi connectivity index (χ1) is 12.5. The summed E-state index contributed by atoms with van der Waals surface area (Å²) in [5, 5.41) is 7.54. The zero-order chi connectivity index (χ0) is 18.7. The quantitative estimate of drug-likeness (QED) is 0.762. The second-order valence-electron chi connectivity index (χ2n) is 6.54. The molecule has 1 fully saturated rings. The van der Waals surface area contributed by atoms with Gasteiger partial charge < -0.3 is 15.2 Å². The van der Waals surface area contributed by atoms with Crippen molar-refractivity contribution in [3.63, 3.8) is 0 Å². The molecule has 0 bridgehead atoms. The van der Waals surface area contributed by atoms with Crippen molar-refractivity contribution in [3.8, 4) is 0 Å². The third-order valence-corrected chi connectivity index (χ3v) is 5.23. The van der Waals surface area contributed by atoms with Gasteiger partial charge in [0.1, 0.15) is 5.82 Å². The van der Waals surface area contributed by atoms with E-state index < -0.39 is 0 Å². The van der Waals surface area contributed by atoms with Crippen LogP contribution in [0.2, 0.25) is 10.0 Å². The number of amides is 1. The first kappa shape index (κ1) is 22.0. The maximum atomic E-state index is 12.6. The van der Waals surface area contributed by atoms with Crippen LogP contribution in [0.3, 0.4) is 0 Å². The van der Waals surface area contributed by atoms with Crippen LogP contribution in [0.1, 0.15) is 30.4 Å². The molecule has 2 N–H and O–H groups in total. The summed E-state index contributed by atoms with van der Waals surface area (Å²) in [7, 11) is 1.97. The van der Waals surface area contributed by atoms with E-state index in [1.807, 2.05) is 30.8 Å². The monoisotopic (exact) mass is 431 g/mol. The van der Waals surface area contributed by atoms with Crippen molar-refractivity contribution in [2.75, 3.05) is 26.2 Å². The molecule has 1 saturated heterocycles. The molecule has 1 amide bonds. The Hall–Kier alpha value is -1.31. The largest absolute Gasteiger partial charge is 0.348 e. The van der Waals surface area contributed by atoms with Crippen molar-refractivity contribution >= 4 is 41.5 Å². The van der Waals surface area contributed by atoms with Gasteiger partial charge in [0, 0.05) is 49.1 Å². The van der Waals surface area contributed by atoms with Crippen molar-refractivity contribution in [2.45, 2.75) is 19.0 Å². The average molecular weight is 433 g/mol. The predicted molar refractivity (Wildman–Crippen MR) is 111 cm³/mol. The molecular weight excluding hydrogens is 409 g/mol. The number of halogens is 3. The van der Waals surface area contributed by atoms with E-state index in [1.165, 1.54) is 0 Å². The Morgan fingerprint density at radius 3 is 2.89 bits per heavy atom. The van der Waals surface area contributed by atoms with E-state index in [0.717, 1.165) is 31.0 Å². The van der Waals surface area contributed by atoms with Gasteiger partial charge in [-0.15, -0.1) is 12.4 Å². The molecule has 2 heterocycles. The van der Waals surface area contributed by atoms with Gasteiger partial charge >= 0.3 is 0 Å². The molecule has 6 nitrogen and oxygen atoms in total. The molecule has 148 valence electrons. The minimum atomic E-state index is -0.193. The molecule has 1 aliphatic rings. The van der Waals surface area contributed by atoms with Gasteiger partial charge in [-0.2, -0.15) is 0 Å². The first-order valence-electron chi connectivity index (χ1n) is 8.62. The molecule has 0 saturated carbocycles. The number of rotatable bonds is 5. The number of nitrogens with zero attached hydrogens (tertiary/aromatic N) is 3. The van der Waals surface area contributed by atoms with Crippen molar-refractivity contribution in [1.29, 1.82) is 0 Å². The lowest BCUT2D eigenvalue weighted by Gasteiger charge is -2.35. The number of piperazine rings is 1. The molecule has 2 aromatic rings. The van der Waals surface area contributed by atoms with E-state index in [9.17, 15) is 4.79 Å². The Balaban J connectivity index is 0.00000261. The van der Waals surface area contributed by atoms with Gasteiger partial charge in [-0.25, -0.2) is 4.98 Å². The van der Waals surface area contributed by atoms with Gasteiger partial charge in [0.05, 0.1) is 18.6 Å². The standard InChI is InChI=1S/C18H23Cl2N5O.ClH/c1-12(14-4-3-13(19)9-15(14)20)23-17(26)11-25-8-5-21-10-16(25)18-22-6-7-24(18)2;/h3-4,6-7,9,12,16,21H,5,8,10-11H2,1-2H3,(H,23,26);1H. The summed E-state index contributed by atoms with van der Waals surface area (Å²) in [6.45, 7) is 4.65. The highest BCUT2D eigenvalue weighted by Crippen LogP contribution is 2.26.